The number of likely N-dealkylation sites (tertiary alicyclic amines) is 1. The number of carbonyl (C=O) groups excluding carboxylic acids is 2. The van der Waals surface area contributed by atoms with Crippen molar-refractivity contribution in [2.75, 3.05) is 27.4 Å². The molecule has 6 nitrogen and oxygen atoms in total. The van der Waals surface area contributed by atoms with Gasteiger partial charge in [-0.1, -0.05) is 29.8 Å². The number of nitrogens with zero attached hydrogens (tertiary/aromatic N) is 1. The molecule has 0 spiro atoms. The molecule has 2 aromatic carbocycles. The van der Waals surface area contributed by atoms with E-state index >= 15 is 0 Å². The van der Waals surface area contributed by atoms with Crippen molar-refractivity contribution in [3.05, 3.63) is 70.8 Å². The Hall–Kier alpha value is -3.12. The van der Waals surface area contributed by atoms with Crippen LogP contribution in [0, 0.1) is 6.92 Å². The van der Waals surface area contributed by atoms with Crippen LogP contribution >= 0.6 is 0 Å². The van der Waals surface area contributed by atoms with Crippen molar-refractivity contribution >= 4 is 17.4 Å². The summed E-state index contributed by atoms with van der Waals surface area (Å²) >= 11 is 0. The number of methoxy groups -OCH3 is 2. The molecule has 0 saturated carbocycles. The summed E-state index contributed by atoms with van der Waals surface area (Å²) in [5, 5.41) is 10.9. The lowest BCUT2D eigenvalue weighted by atomic mass is 9.94. The molecule has 1 fully saturated rings. The van der Waals surface area contributed by atoms with Crippen molar-refractivity contribution in [2.24, 2.45) is 0 Å². The van der Waals surface area contributed by atoms with Crippen LogP contribution in [0.4, 0.5) is 0 Å². The maximum Gasteiger partial charge on any atom is 0.295 e. The average Bonchev–Trinajstić information content (AvgIpc) is 2.97. The van der Waals surface area contributed by atoms with Gasteiger partial charge >= 0.3 is 0 Å². The van der Waals surface area contributed by atoms with E-state index in [1.54, 1.807) is 31.4 Å². The van der Waals surface area contributed by atoms with Gasteiger partial charge in [-0.2, -0.15) is 0 Å². The molecule has 1 heterocycles. The summed E-state index contributed by atoms with van der Waals surface area (Å²) in [5.41, 5.74) is 2.35. The molecule has 6 heteroatoms. The van der Waals surface area contributed by atoms with E-state index in [2.05, 4.69) is 0 Å². The van der Waals surface area contributed by atoms with Gasteiger partial charge in [0.1, 0.15) is 11.5 Å². The van der Waals surface area contributed by atoms with Crippen LogP contribution < -0.4 is 4.74 Å². The number of Topliss-reactive ketones (excluding diaryl/α,β-unsaturated/α-hetero) is 1. The number of aliphatic hydroxyl groups excluding tert-OH is 1. The third-order valence-electron chi connectivity index (χ3n) is 4.83. The van der Waals surface area contributed by atoms with Crippen molar-refractivity contribution in [1.29, 1.82) is 0 Å². The Morgan fingerprint density at radius 1 is 1.04 bits per heavy atom. The smallest absolute Gasteiger partial charge is 0.295 e. The zero-order valence-electron chi connectivity index (χ0n) is 16.1. The van der Waals surface area contributed by atoms with Gasteiger partial charge < -0.3 is 19.5 Å². The van der Waals surface area contributed by atoms with Crippen LogP contribution in [0.1, 0.15) is 22.7 Å². The Morgan fingerprint density at radius 3 is 2.25 bits per heavy atom. The largest absolute Gasteiger partial charge is 0.507 e. The minimum absolute atomic E-state index is 0.0788. The molecule has 1 N–H and O–H groups in total. The van der Waals surface area contributed by atoms with Gasteiger partial charge in [0.05, 0.1) is 25.3 Å². The number of aliphatic hydroxyl groups is 1. The molecule has 28 heavy (non-hydrogen) atoms. The SMILES string of the molecule is COCCN1C(=O)C(=O)C(=C(O)c2ccc(OC)cc2)[C@@H]1c1ccc(C)cc1. The summed E-state index contributed by atoms with van der Waals surface area (Å²) in [5.74, 6) is -0.911. The van der Waals surface area contributed by atoms with E-state index < -0.39 is 17.7 Å². The van der Waals surface area contributed by atoms with Gasteiger partial charge in [-0.05, 0) is 36.8 Å². The third kappa shape index (κ3) is 3.64. The van der Waals surface area contributed by atoms with E-state index in [1.807, 2.05) is 31.2 Å². The lowest BCUT2D eigenvalue weighted by Gasteiger charge is -2.25. The lowest BCUT2D eigenvalue weighted by molar-refractivity contribution is -0.140. The highest BCUT2D eigenvalue weighted by molar-refractivity contribution is 6.46. The standard InChI is InChI=1S/C22H23NO5/c1-14-4-6-15(7-5-14)19-18(21(25)22(26)23(19)12-13-27-2)20(24)16-8-10-17(28-3)11-9-16/h4-11,19,24H,12-13H2,1-3H3/t19-/m0/s1. The molecule has 0 bridgehead atoms. The number of amides is 1. The quantitative estimate of drug-likeness (QED) is 0.473. The van der Waals surface area contributed by atoms with Crippen LogP contribution in [0.2, 0.25) is 0 Å². The number of hydrogen-bond acceptors (Lipinski definition) is 5. The van der Waals surface area contributed by atoms with Gasteiger partial charge in [-0.15, -0.1) is 0 Å². The number of ether oxygens (including phenoxy) is 2. The second kappa shape index (κ2) is 8.27. The first-order valence-electron chi connectivity index (χ1n) is 8.96. The van der Waals surface area contributed by atoms with E-state index in [0.717, 1.165) is 11.1 Å². The van der Waals surface area contributed by atoms with Crippen LogP contribution in [0.5, 0.6) is 5.75 Å². The maximum absolute atomic E-state index is 12.8. The Bertz CT molecular complexity index is 900. The van der Waals surface area contributed by atoms with Crippen LogP contribution in [0.3, 0.4) is 0 Å². The number of rotatable bonds is 6. The maximum atomic E-state index is 12.8. The molecular formula is C22H23NO5. The minimum atomic E-state index is -0.699. The molecule has 2 aromatic rings. The number of aryl methyl sites for hydroxylation is 1. The topological polar surface area (TPSA) is 76.1 Å². The fraction of sp³-hybridized carbons (Fsp3) is 0.273. The van der Waals surface area contributed by atoms with E-state index in [1.165, 1.54) is 12.0 Å². The second-order valence-electron chi connectivity index (χ2n) is 6.62. The summed E-state index contributed by atoms with van der Waals surface area (Å²) in [7, 11) is 3.09. The molecule has 0 aliphatic carbocycles. The summed E-state index contributed by atoms with van der Waals surface area (Å²) in [6.07, 6.45) is 0. The fourth-order valence-electron chi connectivity index (χ4n) is 3.30. The van der Waals surface area contributed by atoms with E-state index in [4.69, 9.17) is 9.47 Å². The van der Waals surface area contributed by atoms with Crippen LogP contribution in [0.15, 0.2) is 54.1 Å². The highest BCUT2D eigenvalue weighted by atomic mass is 16.5. The first-order chi connectivity index (χ1) is 13.5. The lowest BCUT2D eigenvalue weighted by Crippen LogP contribution is -2.32. The molecule has 0 radical (unpaired) electrons. The number of hydrogen-bond donors (Lipinski definition) is 1. The molecule has 146 valence electrons. The third-order valence-corrected chi connectivity index (χ3v) is 4.83. The first kappa shape index (κ1) is 19.6. The van der Waals surface area contributed by atoms with Crippen molar-refractivity contribution in [3.63, 3.8) is 0 Å². The normalized spacial score (nSPS) is 18.5. The van der Waals surface area contributed by atoms with Crippen LogP contribution in [-0.4, -0.2) is 49.1 Å². The van der Waals surface area contributed by atoms with Crippen molar-refractivity contribution in [3.8, 4) is 5.75 Å². The highest BCUT2D eigenvalue weighted by Crippen LogP contribution is 2.39. The van der Waals surface area contributed by atoms with E-state index in [9.17, 15) is 14.7 Å². The minimum Gasteiger partial charge on any atom is -0.507 e. The Labute approximate surface area is 164 Å². The zero-order chi connectivity index (χ0) is 20.3. The average molecular weight is 381 g/mol. The Kier molecular flexibility index (Phi) is 5.80. The van der Waals surface area contributed by atoms with Crippen molar-refractivity contribution in [2.45, 2.75) is 13.0 Å². The fourth-order valence-corrected chi connectivity index (χ4v) is 3.30. The van der Waals surface area contributed by atoms with Crippen molar-refractivity contribution in [1.82, 2.24) is 4.90 Å². The predicted octanol–water partition coefficient (Wildman–Crippen LogP) is 3.07. The van der Waals surface area contributed by atoms with Gasteiger partial charge in [-0.3, -0.25) is 9.59 Å². The van der Waals surface area contributed by atoms with Crippen molar-refractivity contribution < 1.29 is 24.2 Å². The van der Waals surface area contributed by atoms with Gasteiger partial charge in [0.25, 0.3) is 11.7 Å². The van der Waals surface area contributed by atoms with Crippen LogP contribution in [0.25, 0.3) is 5.76 Å². The Balaban J connectivity index is 2.12. The van der Waals surface area contributed by atoms with Gasteiger partial charge in [0.2, 0.25) is 0 Å². The summed E-state index contributed by atoms with van der Waals surface area (Å²) in [6, 6.07) is 13.6. The summed E-state index contributed by atoms with van der Waals surface area (Å²) < 4.78 is 10.2. The molecule has 1 saturated heterocycles. The molecular weight excluding hydrogens is 358 g/mol. The zero-order valence-corrected chi connectivity index (χ0v) is 16.1. The molecule has 1 aliphatic heterocycles. The van der Waals surface area contributed by atoms with E-state index in [0.29, 0.717) is 11.3 Å². The van der Waals surface area contributed by atoms with Crippen LogP contribution in [-0.2, 0) is 14.3 Å². The summed E-state index contributed by atoms with van der Waals surface area (Å²) in [6.45, 7) is 2.50. The number of benzene rings is 2. The van der Waals surface area contributed by atoms with E-state index in [-0.39, 0.29) is 24.5 Å². The first-order valence-corrected chi connectivity index (χ1v) is 8.96. The number of carbonyl (C=O) groups is 2. The Morgan fingerprint density at radius 2 is 1.68 bits per heavy atom. The molecule has 1 aliphatic rings. The molecule has 1 atom stereocenters. The highest BCUT2D eigenvalue weighted by Gasteiger charge is 2.45. The molecule has 3 rings (SSSR count). The summed E-state index contributed by atoms with van der Waals surface area (Å²) in [4.78, 5) is 26.9. The predicted molar refractivity (Wildman–Crippen MR) is 105 cm³/mol. The van der Waals surface area contributed by atoms with Gasteiger partial charge in [0, 0.05) is 19.2 Å². The molecule has 1 amide bonds. The monoisotopic (exact) mass is 381 g/mol. The number of ketones is 1. The molecule has 0 unspecified atom stereocenters. The van der Waals surface area contributed by atoms with Gasteiger partial charge in [-0.25, -0.2) is 0 Å². The van der Waals surface area contributed by atoms with Gasteiger partial charge in [0.15, 0.2) is 0 Å². The molecule has 0 aromatic heterocycles. The second-order valence-corrected chi connectivity index (χ2v) is 6.62.